The first-order valence-electron chi connectivity index (χ1n) is 9.77. The molecule has 0 atom stereocenters. The van der Waals surface area contributed by atoms with Crippen molar-refractivity contribution >= 4 is 34.1 Å². The number of amides is 2. The number of benzene rings is 3. The largest absolute Gasteiger partial charge is 0.497 e. The molecule has 6 nitrogen and oxygen atoms in total. The van der Waals surface area contributed by atoms with Gasteiger partial charge in [-0.15, -0.1) is 0 Å². The molecule has 0 saturated heterocycles. The van der Waals surface area contributed by atoms with Gasteiger partial charge in [0.2, 0.25) is 0 Å². The molecule has 2 amide bonds. The molecule has 0 radical (unpaired) electrons. The monoisotopic (exact) mass is 411 g/mol. The summed E-state index contributed by atoms with van der Waals surface area (Å²) in [6, 6.07) is 23.2. The van der Waals surface area contributed by atoms with E-state index in [-0.39, 0.29) is 11.8 Å². The van der Waals surface area contributed by atoms with Crippen LogP contribution in [0, 0.1) is 6.92 Å². The molecule has 154 valence electrons. The van der Waals surface area contributed by atoms with Crippen molar-refractivity contribution in [2.75, 3.05) is 17.7 Å². The van der Waals surface area contributed by atoms with Crippen molar-refractivity contribution < 1.29 is 14.3 Å². The van der Waals surface area contributed by atoms with Crippen LogP contribution in [0.4, 0.5) is 11.4 Å². The van der Waals surface area contributed by atoms with Gasteiger partial charge in [0.25, 0.3) is 11.8 Å². The zero-order valence-electron chi connectivity index (χ0n) is 17.2. The van der Waals surface area contributed by atoms with E-state index in [2.05, 4.69) is 15.6 Å². The third-order valence-corrected chi connectivity index (χ3v) is 4.84. The summed E-state index contributed by atoms with van der Waals surface area (Å²) >= 11 is 0. The second-order valence-electron chi connectivity index (χ2n) is 7.04. The zero-order valence-corrected chi connectivity index (χ0v) is 17.2. The zero-order chi connectivity index (χ0) is 21.8. The first-order chi connectivity index (χ1) is 15.0. The Kier molecular flexibility index (Phi) is 5.62. The van der Waals surface area contributed by atoms with Crippen LogP contribution in [0.2, 0.25) is 0 Å². The minimum absolute atomic E-state index is 0.225. The van der Waals surface area contributed by atoms with E-state index >= 15 is 0 Å². The lowest BCUT2D eigenvalue weighted by Gasteiger charge is -2.10. The van der Waals surface area contributed by atoms with Crippen LogP contribution in [0.3, 0.4) is 0 Å². The predicted molar refractivity (Wildman–Crippen MR) is 122 cm³/mol. The van der Waals surface area contributed by atoms with Crippen LogP contribution < -0.4 is 15.4 Å². The van der Waals surface area contributed by atoms with Gasteiger partial charge in [-0.25, -0.2) is 0 Å². The van der Waals surface area contributed by atoms with Crippen molar-refractivity contribution in [3.05, 3.63) is 95.7 Å². The highest BCUT2D eigenvalue weighted by Crippen LogP contribution is 2.21. The fourth-order valence-corrected chi connectivity index (χ4v) is 3.28. The van der Waals surface area contributed by atoms with E-state index in [1.54, 1.807) is 61.7 Å². The molecule has 2 N–H and O–H groups in total. The molecule has 4 aromatic rings. The molecular formula is C25H21N3O3. The van der Waals surface area contributed by atoms with Crippen molar-refractivity contribution in [2.45, 2.75) is 6.92 Å². The van der Waals surface area contributed by atoms with E-state index in [4.69, 9.17) is 4.74 Å². The van der Waals surface area contributed by atoms with E-state index in [0.29, 0.717) is 22.5 Å². The second kappa shape index (κ2) is 8.67. The van der Waals surface area contributed by atoms with E-state index in [1.165, 1.54) is 0 Å². The number of hydrogen-bond donors (Lipinski definition) is 2. The molecule has 6 heteroatoms. The van der Waals surface area contributed by atoms with Crippen molar-refractivity contribution in [3.8, 4) is 5.75 Å². The summed E-state index contributed by atoms with van der Waals surface area (Å²) in [5.41, 5.74) is 3.86. The Morgan fingerprint density at radius 3 is 2.10 bits per heavy atom. The van der Waals surface area contributed by atoms with Crippen molar-refractivity contribution in [3.63, 3.8) is 0 Å². The van der Waals surface area contributed by atoms with Crippen LogP contribution >= 0.6 is 0 Å². The van der Waals surface area contributed by atoms with Crippen LogP contribution in [0.15, 0.2) is 78.9 Å². The van der Waals surface area contributed by atoms with Gasteiger partial charge >= 0.3 is 0 Å². The number of fused-ring (bicyclic) bond motifs is 1. The number of ether oxygens (including phenoxy) is 1. The van der Waals surface area contributed by atoms with E-state index < -0.39 is 0 Å². The average Bonchev–Trinajstić information content (AvgIpc) is 2.79. The normalized spacial score (nSPS) is 10.5. The maximum atomic E-state index is 12.9. The summed E-state index contributed by atoms with van der Waals surface area (Å²) in [4.78, 5) is 29.8. The molecule has 0 aliphatic carbocycles. The third-order valence-electron chi connectivity index (χ3n) is 4.84. The summed E-state index contributed by atoms with van der Waals surface area (Å²) in [5, 5.41) is 6.52. The fraction of sp³-hybridized carbons (Fsp3) is 0.0800. The molecule has 0 fully saturated rings. The fourth-order valence-electron chi connectivity index (χ4n) is 3.28. The maximum absolute atomic E-state index is 12.9. The lowest BCUT2D eigenvalue weighted by atomic mass is 10.1. The third kappa shape index (κ3) is 4.53. The van der Waals surface area contributed by atoms with E-state index in [9.17, 15) is 9.59 Å². The molecule has 1 heterocycles. The smallest absolute Gasteiger partial charge is 0.256 e. The summed E-state index contributed by atoms with van der Waals surface area (Å²) in [5.74, 6) is 0.256. The number of hydrogen-bond acceptors (Lipinski definition) is 4. The Morgan fingerprint density at radius 2 is 1.42 bits per heavy atom. The molecule has 0 saturated carbocycles. The number of rotatable bonds is 5. The van der Waals surface area contributed by atoms with Crippen LogP contribution in [0.5, 0.6) is 5.75 Å². The average molecular weight is 411 g/mol. The van der Waals surface area contributed by atoms with Gasteiger partial charge < -0.3 is 15.4 Å². The molecule has 0 bridgehead atoms. The SMILES string of the molecule is COc1ccc(NC(=O)c2ccc(NC(=O)c3cc(C)nc4ccccc34)cc2)cc1. The van der Waals surface area contributed by atoms with E-state index in [1.807, 2.05) is 31.2 Å². The number of pyridine rings is 1. The highest BCUT2D eigenvalue weighted by Gasteiger charge is 2.13. The topological polar surface area (TPSA) is 80.3 Å². The Morgan fingerprint density at radius 1 is 0.806 bits per heavy atom. The van der Waals surface area contributed by atoms with Gasteiger partial charge in [-0.3, -0.25) is 14.6 Å². The van der Waals surface area contributed by atoms with Gasteiger partial charge in [0, 0.05) is 28.0 Å². The van der Waals surface area contributed by atoms with Gasteiger partial charge in [0.05, 0.1) is 18.2 Å². The van der Waals surface area contributed by atoms with Crippen LogP contribution in [0.25, 0.3) is 10.9 Å². The number of carbonyl (C=O) groups is 2. The molecule has 0 spiro atoms. The quantitative estimate of drug-likeness (QED) is 0.481. The number of aromatic nitrogens is 1. The number of para-hydroxylation sites is 1. The first kappa shape index (κ1) is 20.1. The highest BCUT2D eigenvalue weighted by molar-refractivity contribution is 6.12. The molecule has 0 aliphatic rings. The lowest BCUT2D eigenvalue weighted by Crippen LogP contribution is -2.14. The van der Waals surface area contributed by atoms with Gasteiger partial charge in [0.1, 0.15) is 5.75 Å². The maximum Gasteiger partial charge on any atom is 0.256 e. The number of methoxy groups -OCH3 is 1. The molecule has 1 aromatic heterocycles. The molecule has 3 aromatic carbocycles. The summed E-state index contributed by atoms with van der Waals surface area (Å²) in [7, 11) is 1.59. The Bertz CT molecular complexity index is 1250. The van der Waals surface area contributed by atoms with Gasteiger partial charge in [-0.1, -0.05) is 18.2 Å². The first-order valence-corrected chi connectivity index (χ1v) is 9.77. The summed E-state index contributed by atoms with van der Waals surface area (Å²) in [6.07, 6.45) is 0. The van der Waals surface area contributed by atoms with E-state index in [0.717, 1.165) is 22.3 Å². The minimum atomic E-state index is -0.237. The summed E-state index contributed by atoms with van der Waals surface area (Å²) in [6.45, 7) is 1.86. The molecule has 0 aliphatic heterocycles. The standard InChI is InChI=1S/C25H21N3O3/c1-16-15-22(21-5-3-4-6-23(21)26-16)25(30)28-18-9-7-17(8-10-18)24(29)27-19-11-13-20(31-2)14-12-19/h3-15H,1-2H3,(H,27,29)(H,28,30). The van der Waals surface area contributed by atoms with Gasteiger partial charge in [-0.05, 0) is 67.6 Å². The number of nitrogens with zero attached hydrogens (tertiary/aromatic N) is 1. The Labute approximate surface area is 179 Å². The minimum Gasteiger partial charge on any atom is -0.497 e. The Hall–Kier alpha value is -4.19. The van der Waals surface area contributed by atoms with Crippen LogP contribution in [-0.2, 0) is 0 Å². The Balaban J connectivity index is 1.47. The van der Waals surface area contributed by atoms with Gasteiger partial charge in [0.15, 0.2) is 0 Å². The molecular weight excluding hydrogens is 390 g/mol. The van der Waals surface area contributed by atoms with Crippen molar-refractivity contribution in [1.29, 1.82) is 0 Å². The number of nitrogens with one attached hydrogen (secondary N) is 2. The summed E-state index contributed by atoms with van der Waals surface area (Å²) < 4.78 is 5.12. The van der Waals surface area contributed by atoms with Crippen LogP contribution in [0.1, 0.15) is 26.4 Å². The van der Waals surface area contributed by atoms with Crippen molar-refractivity contribution in [1.82, 2.24) is 4.98 Å². The van der Waals surface area contributed by atoms with Crippen molar-refractivity contribution in [2.24, 2.45) is 0 Å². The number of carbonyl (C=O) groups excluding carboxylic acids is 2. The molecule has 4 rings (SSSR count). The molecule has 0 unspecified atom stereocenters. The lowest BCUT2D eigenvalue weighted by molar-refractivity contribution is 0.102. The van der Waals surface area contributed by atoms with Gasteiger partial charge in [-0.2, -0.15) is 0 Å². The second-order valence-corrected chi connectivity index (χ2v) is 7.04. The predicted octanol–water partition coefficient (Wildman–Crippen LogP) is 5.06. The highest BCUT2D eigenvalue weighted by atomic mass is 16.5. The number of anilines is 2. The number of aryl methyl sites for hydroxylation is 1. The van der Waals surface area contributed by atoms with Crippen LogP contribution in [-0.4, -0.2) is 23.9 Å². The molecule has 31 heavy (non-hydrogen) atoms.